The van der Waals surface area contributed by atoms with E-state index in [1.54, 1.807) is 0 Å². The molecule has 0 atom stereocenters. The molecule has 2 aromatic rings. The molecule has 1 aliphatic rings. The van der Waals surface area contributed by atoms with Gasteiger partial charge < -0.3 is 14.6 Å². The molecule has 1 N–H and O–H groups in total. The summed E-state index contributed by atoms with van der Waals surface area (Å²) in [6, 6.07) is 7.93. The highest BCUT2D eigenvalue weighted by atomic mass is 16.5. The molecule has 0 bridgehead atoms. The lowest BCUT2D eigenvalue weighted by molar-refractivity contribution is -0.117. The van der Waals surface area contributed by atoms with Gasteiger partial charge in [0, 0.05) is 13.5 Å². The van der Waals surface area contributed by atoms with Gasteiger partial charge in [-0.1, -0.05) is 12.1 Å². The Morgan fingerprint density at radius 1 is 1.45 bits per heavy atom. The maximum absolute atomic E-state index is 12.1. The van der Waals surface area contributed by atoms with Crippen molar-refractivity contribution in [3.8, 4) is 0 Å². The quantitative estimate of drug-likeness (QED) is 0.927. The number of carbonyl (C=O) groups excluding carboxylic acids is 1. The van der Waals surface area contributed by atoms with E-state index in [-0.39, 0.29) is 5.91 Å². The third kappa shape index (κ3) is 2.15. The number of fused-ring (bicyclic) bond motifs is 1. The molecule has 0 unspecified atom stereocenters. The summed E-state index contributed by atoms with van der Waals surface area (Å²) in [6.07, 6.45) is 0.681. The fraction of sp³-hybridized carbons (Fsp3) is 0.333. The topological polar surface area (TPSA) is 56.2 Å². The Morgan fingerprint density at radius 2 is 2.25 bits per heavy atom. The first-order valence-electron chi connectivity index (χ1n) is 6.68. The van der Waals surface area contributed by atoms with E-state index in [1.807, 2.05) is 42.8 Å². The lowest BCUT2D eigenvalue weighted by atomic mass is 10.2. The van der Waals surface area contributed by atoms with Gasteiger partial charge in [0.1, 0.15) is 11.6 Å². The minimum atomic E-state index is -0.0629. The number of nitrogens with zero attached hydrogens (tertiary/aromatic N) is 2. The van der Waals surface area contributed by atoms with Crippen LogP contribution in [-0.2, 0) is 23.1 Å². The smallest absolute Gasteiger partial charge is 0.251 e. The minimum absolute atomic E-state index is 0.0629. The molecular formula is C15H17N3O2. The maximum Gasteiger partial charge on any atom is 0.251 e. The second-order valence-corrected chi connectivity index (χ2v) is 4.89. The van der Waals surface area contributed by atoms with Crippen molar-refractivity contribution in [2.75, 3.05) is 6.61 Å². The summed E-state index contributed by atoms with van der Waals surface area (Å²) in [5, 5.41) is 2.91. The van der Waals surface area contributed by atoms with E-state index in [0.717, 1.165) is 28.2 Å². The predicted molar refractivity (Wildman–Crippen MR) is 75.8 cm³/mol. The molecule has 20 heavy (non-hydrogen) atoms. The van der Waals surface area contributed by atoms with Crippen LogP contribution >= 0.6 is 0 Å². The number of aromatic nitrogens is 2. The van der Waals surface area contributed by atoms with E-state index in [1.165, 1.54) is 0 Å². The van der Waals surface area contributed by atoms with Gasteiger partial charge in [-0.2, -0.15) is 0 Å². The van der Waals surface area contributed by atoms with Crippen LogP contribution in [0, 0.1) is 0 Å². The van der Waals surface area contributed by atoms with Gasteiger partial charge in [-0.05, 0) is 19.1 Å². The number of hydrogen-bond donors (Lipinski definition) is 1. The van der Waals surface area contributed by atoms with Crippen LogP contribution < -0.4 is 5.32 Å². The lowest BCUT2D eigenvalue weighted by Gasteiger charge is -2.06. The maximum atomic E-state index is 12.1. The van der Waals surface area contributed by atoms with Crippen LogP contribution in [0.1, 0.15) is 19.2 Å². The van der Waals surface area contributed by atoms with Crippen molar-refractivity contribution in [1.29, 1.82) is 0 Å². The van der Waals surface area contributed by atoms with Crippen molar-refractivity contribution in [3.05, 3.63) is 41.4 Å². The molecule has 5 heteroatoms. The molecule has 0 saturated carbocycles. The third-order valence-corrected chi connectivity index (χ3v) is 3.66. The number of ether oxygens (including phenoxy) is 1. The normalized spacial score (nSPS) is 14.7. The van der Waals surface area contributed by atoms with Crippen LogP contribution in [0.15, 0.2) is 35.6 Å². The van der Waals surface area contributed by atoms with Crippen molar-refractivity contribution in [3.63, 3.8) is 0 Å². The lowest BCUT2D eigenvalue weighted by Crippen LogP contribution is -2.25. The molecule has 1 amide bonds. The van der Waals surface area contributed by atoms with Crippen LogP contribution in [-0.4, -0.2) is 22.1 Å². The molecule has 1 aromatic heterocycles. The van der Waals surface area contributed by atoms with Crippen LogP contribution in [0.4, 0.5) is 0 Å². The molecule has 3 rings (SSSR count). The van der Waals surface area contributed by atoms with Gasteiger partial charge in [0.2, 0.25) is 0 Å². The largest absolute Gasteiger partial charge is 0.497 e. The van der Waals surface area contributed by atoms with E-state index >= 15 is 0 Å². The summed E-state index contributed by atoms with van der Waals surface area (Å²) in [5.74, 6) is 1.51. The molecule has 0 aliphatic carbocycles. The molecule has 1 aliphatic heterocycles. The Bertz CT molecular complexity index is 700. The van der Waals surface area contributed by atoms with Crippen molar-refractivity contribution in [2.24, 2.45) is 7.05 Å². The monoisotopic (exact) mass is 271 g/mol. The number of amides is 1. The molecule has 0 saturated heterocycles. The molecule has 5 nitrogen and oxygen atoms in total. The van der Waals surface area contributed by atoms with E-state index in [9.17, 15) is 4.79 Å². The van der Waals surface area contributed by atoms with Crippen LogP contribution in [0.3, 0.4) is 0 Å². The first-order chi connectivity index (χ1) is 9.66. The number of aryl methyl sites for hydroxylation is 1. The average Bonchev–Trinajstić information content (AvgIpc) is 3.01. The van der Waals surface area contributed by atoms with Gasteiger partial charge in [0.05, 0.1) is 29.8 Å². The zero-order valence-corrected chi connectivity index (χ0v) is 11.6. The predicted octanol–water partition coefficient (Wildman–Crippen LogP) is 1.88. The fourth-order valence-electron chi connectivity index (χ4n) is 2.46. The number of carbonyl (C=O) groups is 1. The zero-order chi connectivity index (χ0) is 14.1. The summed E-state index contributed by atoms with van der Waals surface area (Å²) in [7, 11) is 1.96. The van der Waals surface area contributed by atoms with E-state index < -0.39 is 0 Å². The van der Waals surface area contributed by atoms with E-state index in [4.69, 9.17) is 4.74 Å². The molecule has 2 heterocycles. The Morgan fingerprint density at radius 3 is 2.95 bits per heavy atom. The van der Waals surface area contributed by atoms with Gasteiger partial charge in [-0.15, -0.1) is 0 Å². The third-order valence-electron chi connectivity index (χ3n) is 3.66. The second kappa shape index (κ2) is 5.00. The average molecular weight is 271 g/mol. The van der Waals surface area contributed by atoms with Gasteiger partial charge >= 0.3 is 0 Å². The number of benzene rings is 1. The summed E-state index contributed by atoms with van der Waals surface area (Å²) >= 11 is 0. The molecule has 1 aromatic carbocycles. The standard InChI is InChI=1S/C15H17N3O2/c1-10-11(7-8-20-10)15(19)16-9-14-17-12-5-3-4-6-13(12)18(14)2/h3-6H,7-9H2,1-2H3,(H,16,19). The number of allylic oxidation sites excluding steroid dienone is 1. The first-order valence-corrected chi connectivity index (χ1v) is 6.68. The van der Waals surface area contributed by atoms with Crippen LogP contribution in [0.25, 0.3) is 11.0 Å². The molecular weight excluding hydrogens is 254 g/mol. The molecule has 0 fully saturated rings. The second-order valence-electron chi connectivity index (χ2n) is 4.89. The summed E-state index contributed by atoms with van der Waals surface area (Å²) in [4.78, 5) is 16.6. The molecule has 0 spiro atoms. The Kier molecular flexibility index (Phi) is 3.18. The van der Waals surface area contributed by atoms with E-state index in [2.05, 4.69) is 10.3 Å². The number of imidazole rings is 1. The minimum Gasteiger partial charge on any atom is -0.497 e. The van der Waals surface area contributed by atoms with Crippen LogP contribution in [0.5, 0.6) is 0 Å². The number of para-hydroxylation sites is 2. The van der Waals surface area contributed by atoms with Crippen molar-refractivity contribution < 1.29 is 9.53 Å². The fourth-order valence-corrected chi connectivity index (χ4v) is 2.46. The molecule has 104 valence electrons. The highest BCUT2D eigenvalue weighted by molar-refractivity contribution is 5.94. The van der Waals surface area contributed by atoms with Gasteiger partial charge in [0.15, 0.2) is 0 Å². The number of hydrogen-bond acceptors (Lipinski definition) is 3. The Labute approximate surface area is 117 Å². The van der Waals surface area contributed by atoms with Crippen LogP contribution in [0.2, 0.25) is 0 Å². The molecule has 0 radical (unpaired) electrons. The van der Waals surface area contributed by atoms with Crippen molar-refractivity contribution in [1.82, 2.24) is 14.9 Å². The van der Waals surface area contributed by atoms with Crippen molar-refractivity contribution >= 4 is 16.9 Å². The Balaban J connectivity index is 1.76. The first kappa shape index (κ1) is 12.7. The highest BCUT2D eigenvalue weighted by Crippen LogP contribution is 2.19. The van der Waals surface area contributed by atoms with Crippen molar-refractivity contribution in [2.45, 2.75) is 19.9 Å². The van der Waals surface area contributed by atoms with E-state index in [0.29, 0.717) is 19.6 Å². The summed E-state index contributed by atoms with van der Waals surface area (Å²) < 4.78 is 7.31. The highest BCUT2D eigenvalue weighted by Gasteiger charge is 2.19. The number of rotatable bonds is 3. The van der Waals surface area contributed by atoms with Gasteiger partial charge in [-0.25, -0.2) is 4.98 Å². The zero-order valence-electron chi connectivity index (χ0n) is 11.6. The Hall–Kier alpha value is -2.30. The van der Waals surface area contributed by atoms with Gasteiger partial charge in [0.25, 0.3) is 5.91 Å². The summed E-state index contributed by atoms with van der Waals surface area (Å²) in [6.45, 7) is 2.85. The number of nitrogens with one attached hydrogen (secondary N) is 1. The SMILES string of the molecule is CC1=C(C(=O)NCc2nc3ccccc3n2C)CCO1. The summed E-state index contributed by atoms with van der Waals surface area (Å²) in [5.41, 5.74) is 2.75. The van der Waals surface area contributed by atoms with Gasteiger partial charge in [-0.3, -0.25) is 4.79 Å².